The number of aromatic nitrogens is 5. The van der Waals surface area contributed by atoms with E-state index in [2.05, 4.69) is 313 Å². The first-order valence-electron chi connectivity index (χ1n) is 29.5. The molecule has 0 aliphatic rings. The SMILES string of the molecule is Cc1cnc(-c2cc(N(c3cc(-c4cc(-c5ccccc5)c(C)cn4)cc(-n4c5ccccc5c5ccccc54)c3)c3c(C)cc(-n4c5ccccc5c5ccccc54)cc3C)cc(-n3c4ccccc4c4ccccc43)c2)cc1-c1ccccc1. The minimum absolute atomic E-state index is 0.880. The van der Waals surface area contributed by atoms with Gasteiger partial charge in [0.25, 0.3) is 0 Å². The standard InChI is InChI=1S/C80H58N6/c1-51-39-59(84-74-33-17-11-27-64(74)65-28-12-18-34-75(65)84)40-52(2)80(51)83(60-41-57(72-47-70(53(3)49-81-72)55-23-7-5-8-24-55)43-62(45-60)85-76-35-19-13-29-66(76)67-30-14-20-36-77(67)85)61-42-58(73-48-71(54(4)50-82-73)56-25-9-6-10-26-56)44-63(46-61)86-78-37-21-15-31-68(78)69-32-16-22-38-79(69)86/h5-50H,1-4H3. The Balaban J connectivity index is 1.02. The number of benzene rings is 11. The van der Waals surface area contributed by atoms with E-state index >= 15 is 0 Å². The highest BCUT2D eigenvalue weighted by molar-refractivity contribution is 6.12. The monoisotopic (exact) mass is 1100 g/mol. The molecule has 11 aromatic carbocycles. The molecule has 6 nitrogen and oxygen atoms in total. The van der Waals surface area contributed by atoms with Crippen LogP contribution in [-0.2, 0) is 0 Å². The molecular formula is C80H58N6. The summed E-state index contributed by atoms with van der Waals surface area (Å²) in [6.45, 7) is 8.87. The van der Waals surface area contributed by atoms with Gasteiger partial charge in [-0.15, -0.1) is 0 Å². The Morgan fingerprint density at radius 2 is 0.558 bits per heavy atom. The number of pyridine rings is 2. The third-order valence-corrected chi connectivity index (χ3v) is 17.5. The van der Waals surface area contributed by atoms with Crippen LogP contribution >= 0.6 is 0 Å². The molecule has 16 aromatic rings. The zero-order valence-electron chi connectivity index (χ0n) is 48.2. The van der Waals surface area contributed by atoms with E-state index in [1.165, 1.54) is 43.4 Å². The molecule has 0 radical (unpaired) electrons. The van der Waals surface area contributed by atoms with Crippen molar-refractivity contribution in [3.05, 3.63) is 302 Å². The van der Waals surface area contributed by atoms with Crippen LogP contribution in [0, 0.1) is 27.7 Å². The molecular weight excluding hydrogens is 1040 g/mol. The van der Waals surface area contributed by atoms with E-state index in [9.17, 15) is 0 Å². The second-order valence-corrected chi connectivity index (χ2v) is 22.8. The summed E-state index contributed by atoms with van der Waals surface area (Å²) < 4.78 is 7.31. The van der Waals surface area contributed by atoms with Gasteiger partial charge in [0.05, 0.1) is 50.2 Å². The van der Waals surface area contributed by atoms with E-state index in [4.69, 9.17) is 9.97 Å². The van der Waals surface area contributed by atoms with Gasteiger partial charge < -0.3 is 18.6 Å². The van der Waals surface area contributed by atoms with E-state index in [0.29, 0.717) is 0 Å². The normalized spacial score (nSPS) is 11.7. The Bertz CT molecular complexity index is 4920. The second kappa shape index (κ2) is 20.4. The fraction of sp³-hybridized carbons (Fsp3) is 0.0500. The quantitative estimate of drug-likeness (QED) is 0.137. The van der Waals surface area contributed by atoms with Crippen LogP contribution in [0.1, 0.15) is 22.3 Å². The van der Waals surface area contributed by atoms with Gasteiger partial charge >= 0.3 is 0 Å². The zero-order chi connectivity index (χ0) is 57.6. The lowest BCUT2D eigenvalue weighted by Gasteiger charge is -2.31. The van der Waals surface area contributed by atoms with Crippen molar-refractivity contribution in [3.8, 4) is 61.8 Å². The molecule has 0 bridgehead atoms. The van der Waals surface area contributed by atoms with Gasteiger partial charge in [-0.05, 0) is 169 Å². The van der Waals surface area contributed by atoms with Crippen LogP contribution in [0.4, 0.5) is 17.1 Å². The van der Waals surface area contributed by atoms with Crippen LogP contribution in [0.2, 0.25) is 0 Å². The van der Waals surface area contributed by atoms with Crippen LogP contribution in [0.5, 0.6) is 0 Å². The number of hydrogen-bond acceptors (Lipinski definition) is 3. The summed E-state index contributed by atoms with van der Waals surface area (Å²) in [5.41, 5.74) is 25.8. The molecule has 86 heavy (non-hydrogen) atoms. The molecule has 5 aromatic heterocycles. The minimum Gasteiger partial charge on any atom is -0.310 e. The lowest BCUT2D eigenvalue weighted by Crippen LogP contribution is -2.15. The Kier molecular flexibility index (Phi) is 12.0. The van der Waals surface area contributed by atoms with Crippen LogP contribution in [0.25, 0.3) is 127 Å². The third kappa shape index (κ3) is 8.32. The Hall–Kier alpha value is -11.1. The number of para-hydroxylation sites is 6. The second-order valence-electron chi connectivity index (χ2n) is 22.8. The van der Waals surface area contributed by atoms with Gasteiger partial charge in [-0.2, -0.15) is 0 Å². The molecule has 5 heterocycles. The highest BCUT2D eigenvalue weighted by Gasteiger charge is 2.26. The van der Waals surface area contributed by atoms with E-state index in [0.717, 1.165) is 123 Å². The predicted octanol–water partition coefficient (Wildman–Crippen LogP) is 21.1. The van der Waals surface area contributed by atoms with Crippen LogP contribution in [-0.4, -0.2) is 23.7 Å². The van der Waals surface area contributed by atoms with E-state index in [1.54, 1.807) is 0 Å². The first-order valence-corrected chi connectivity index (χ1v) is 29.5. The molecule has 0 aliphatic carbocycles. The van der Waals surface area contributed by atoms with Gasteiger partial charge in [0.1, 0.15) is 0 Å². The summed E-state index contributed by atoms with van der Waals surface area (Å²) in [7, 11) is 0. The molecule has 16 rings (SSSR count). The Morgan fingerprint density at radius 3 is 0.884 bits per heavy atom. The molecule has 0 amide bonds. The number of anilines is 3. The maximum atomic E-state index is 5.31. The molecule has 0 spiro atoms. The summed E-state index contributed by atoms with van der Waals surface area (Å²) in [6, 6.07) is 97.5. The van der Waals surface area contributed by atoms with Crippen LogP contribution in [0.15, 0.2) is 279 Å². The topological polar surface area (TPSA) is 43.8 Å². The summed E-state index contributed by atoms with van der Waals surface area (Å²) in [5.74, 6) is 0. The number of rotatable bonds is 10. The molecule has 0 atom stereocenters. The van der Waals surface area contributed by atoms with Gasteiger partial charge in [-0.25, -0.2) is 0 Å². The fourth-order valence-corrected chi connectivity index (χ4v) is 13.6. The molecule has 0 unspecified atom stereocenters. The van der Waals surface area contributed by atoms with Crippen molar-refractivity contribution in [2.24, 2.45) is 0 Å². The average molecular weight is 1100 g/mol. The molecule has 0 saturated carbocycles. The minimum atomic E-state index is 0.880. The van der Waals surface area contributed by atoms with Crippen molar-refractivity contribution in [2.75, 3.05) is 4.90 Å². The van der Waals surface area contributed by atoms with Gasteiger partial charge in [-0.3, -0.25) is 9.97 Å². The van der Waals surface area contributed by atoms with Crippen molar-refractivity contribution >= 4 is 82.5 Å². The first kappa shape index (κ1) is 50.6. The maximum Gasteiger partial charge on any atom is 0.0709 e. The smallest absolute Gasteiger partial charge is 0.0709 e. The Morgan fingerprint density at radius 1 is 0.267 bits per heavy atom. The van der Waals surface area contributed by atoms with Crippen molar-refractivity contribution in [2.45, 2.75) is 27.7 Å². The predicted molar refractivity (Wildman–Crippen MR) is 360 cm³/mol. The van der Waals surface area contributed by atoms with Crippen molar-refractivity contribution in [1.82, 2.24) is 23.7 Å². The molecule has 0 aliphatic heterocycles. The Labute approximate surface area is 499 Å². The number of hydrogen-bond donors (Lipinski definition) is 0. The van der Waals surface area contributed by atoms with Crippen molar-refractivity contribution in [3.63, 3.8) is 0 Å². The van der Waals surface area contributed by atoms with E-state index in [-0.39, 0.29) is 0 Å². The lowest BCUT2D eigenvalue weighted by atomic mass is 9.97. The highest BCUT2D eigenvalue weighted by Crippen LogP contribution is 2.47. The summed E-state index contributed by atoms with van der Waals surface area (Å²) in [4.78, 5) is 13.1. The first-order chi connectivity index (χ1) is 42.3. The van der Waals surface area contributed by atoms with Crippen LogP contribution in [0.3, 0.4) is 0 Å². The largest absolute Gasteiger partial charge is 0.310 e. The molecule has 0 N–H and O–H groups in total. The van der Waals surface area contributed by atoms with E-state index in [1.807, 2.05) is 12.4 Å². The van der Waals surface area contributed by atoms with Crippen molar-refractivity contribution < 1.29 is 0 Å². The average Bonchev–Trinajstić information content (AvgIpc) is 2.02. The van der Waals surface area contributed by atoms with Gasteiger partial charge in [0.15, 0.2) is 0 Å². The zero-order valence-corrected chi connectivity index (χ0v) is 48.2. The van der Waals surface area contributed by atoms with Crippen molar-refractivity contribution in [1.29, 1.82) is 0 Å². The lowest BCUT2D eigenvalue weighted by molar-refractivity contribution is 1.13. The number of nitrogens with zero attached hydrogens (tertiary/aromatic N) is 6. The van der Waals surface area contributed by atoms with Gasteiger partial charge in [0, 0.05) is 84.3 Å². The summed E-state index contributed by atoms with van der Waals surface area (Å²) >= 11 is 0. The highest BCUT2D eigenvalue weighted by atomic mass is 15.2. The van der Waals surface area contributed by atoms with Gasteiger partial charge in [0.2, 0.25) is 0 Å². The molecule has 6 heteroatoms. The van der Waals surface area contributed by atoms with Crippen LogP contribution < -0.4 is 4.90 Å². The maximum absolute atomic E-state index is 5.31. The number of aryl methyl sites for hydroxylation is 4. The van der Waals surface area contributed by atoms with Gasteiger partial charge in [-0.1, -0.05) is 170 Å². The fourth-order valence-electron chi connectivity index (χ4n) is 13.6. The molecule has 0 fully saturated rings. The third-order valence-electron chi connectivity index (χ3n) is 17.5. The summed E-state index contributed by atoms with van der Waals surface area (Å²) in [6.07, 6.45) is 4.06. The summed E-state index contributed by atoms with van der Waals surface area (Å²) in [5, 5.41) is 7.25. The number of fused-ring (bicyclic) bond motifs is 9. The van der Waals surface area contributed by atoms with E-state index < -0.39 is 0 Å². The molecule has 408 valence electrons. The molecule has 0 saturated heterocycles.